The third-order valence-corrected chi connectivity index (χ3v) is 6.14. The molecule has 0 radical (unpaired) electrons. The lowest BCUT2D eigenvalue weighted by Gasteiger charge is -2.20. The lowest BCUT2D eigenvalue weighted by atomic mass is 10.3. The average Bonchev–Trinajstić information content (AvgIpc) is 2.51. The van der Waals surface area contributed by atoms with Crippen LogP contribution in [0.4, 0.5) is 4.39 Å². The SMILES string of the molecule is CN=C(NCCS(=O)(=O)C(C)(C)C)NCC(C)Oc1ccc(F)cc1.I. The van der Waals surface area contributed by atoms with E-state index in [0.717, 1.165) is 0 Å². The minimum Gasteiger partial charge on any atom is -0.489 e. The predicted molar refractivity (Wildman–Crippen MR) is 115 cm³/mol. The third-order valence-electron chi connectivity index (χ3n) is 3.53. The minimum atomic E-state index is -3.18. The lowest BCUT2D eigenvalue weighted by Crippen LogP contribution is -2.44. The van der Waals surface area contributed by atoms with Crippen molar-refractivity contribution in [2.45, 2.75) is 38.5 Å². The quantitative estimate of drug-likeness (QED) is 0.341. The second-order valence-electron chi connectivity index (χ2n) is 6.69. The van der Waals surface area contributed by atoms with Crippen molar-refractivity contribution in [2.24, 2.45) is 4.99 Å². The summed E-state index contributed by atoms with van der Waals surface area (Å²) in [6, 6.07) is 5.81. The molecular formula is C17H29FIN3O3S. The molecule has 0 fully saturated rings. The number of hydrogen-bond acceptors (Lipinski definition) is 4. The van der Waals surface area contributed by atoms with Crippen molar-refractivity contribution >= 4 is 39.8 Å². The number of benzene rings is 1. The number of rotatable bonds is 7. The maximum Gasteiger partial charge on any atom is 0.191 e. The van der Waals surface area contributed by atoms with Gasteiger partial charge >= 0.3 is 0 Å². The number of nitrogens with zero attached hydrogens (tertiary/aromatic N) is 1. The van der Waals surface area contributed by atoms with Crippen LogP contribution in [-0.4, -0.2) is 51.1 Å². The van der Waals surface area contributed by atoms with Crippen molar-refractivity contribution in [2.75, 3.05) is 25.9 Å². The summed E-state index contributed by atoms with van der Waals surface area (Å²) in [5.41, 5.74) is 0. The molecule has 6 nitrogen and oxygen atoms in total. The van der Waals surface area contributed by atoms with Gasteiger partial charge in [-0.15, -0.1) is 24.0 Å². The van der Waals surface area contributed by atoms with Crippen LogP contribution in [-0.2, 0) is 9.84 Å². The van der Waals surface area contributed by atoms with E-state index in [1.165, 1.54) is 12.1 Å². The van der Waals surface area contributed by atoms with Gasteiger partial charge in [-0.25, -0.2) is 12.8 Å². The topological polar surface area (TPSA) is 79.8 Å². The first-order valence-corrected chi connectivity index (χ1v) is 9.79. The first-order valence-electron chi connectivity index (χ1n) is 8.14. The highest BCUT2D eigenvalue weighted by Gasteiger charge is 2.28. The molecule has 0 aliphatic carbocycles. The van der Waals surface area contributed by atoms with Gasteiger partial charge in [0.15, 0.2) is 15.8 Å². The molecule has 0 amide bonds. The van der Waals surface area contributed by atoms with Gasteiger partial charge in [0, 0.05) is 13.6 Å². The Kier molecular flexibility index (Phi) is 10.4. The highest BCUT2D eigenvalue weighted by molar-refractivity contribution is 14.0. The molecule has 2 N–H and O–H groups in total. The number of aliphatic imine (C=N–C) groups is 1. The molecule has 0 aromatic heterocycles. The van der Waals surface area contributed by atoms with Crippen molar-refractivity contribution < 1.29 is 17.5 Å². The van der Waals surface area contributed by atoms with E-state index in [1.807, 2.05) is 6.92 Å². The number of hydrogen-bond donors (Lipinski definition) is 2. The molecule has 0 saturated carbocycles. The van der Waals surface area contributed by atoms with Gasteiger partial charge in [-0.1, -0.05) is 0 Å². The monoisotopic (exact) mass is 501 g/mol. The van der Waals surface area contributed by atoms with E-state index < -0.39 is 14.6 Å². The van der Waals surface area contributed by atoms with Gasteiger partial charge in [0.25, 0.3) is 0 Å². The summed E-state index contributed by atoms with van der Waals surface area (Å²) in [6.07, 6.45) is -0.178. The Hall–Kier alpha value is -1.10. The Bertz CT molecular complexity index is 673. The fourth-order valence-electron chi connectivity index (χ4n) is 1.86. The molecular weight excluding hydrogens is 472 g/mol. The Labute approximate surface area is 172 Å². The summed E-state index contributed by atoms with van der Waals surface area (Å²) in [5, 5.41) is 6.05. The standard InChI is InChI=1S/C17H28FN3O3S.HI/c1-13(24-15-8-6-14(18)7-9-15)12-21-16(19-5)20-10-11-25(22,23)17(2,3)4;/h6-9,13H,10-12H2,1-5H3,(H2,19,20,21);1H. The van der Waals surface area contributed by atoms with Gasteiger partial charge in [0.2, 0.25) is 0 Å². The number of ether oxygens (including phenoxy) is 1. The van der Waals surface area contributed by atoms with E-state index in [1.54, 1.807) is 40.0 Å². The molecule has 1 atom stereocenters. The van der Waals surface area contributed by atoms with Gasteiger partial charge in [0.05, 0.1) is 17.0 Å². The Morgan fingerprint density at radius 2 is 1.81 bits per heavy atom. The fraction of sp³-hybridized carbons (Fsp3) is 0.588. The Balaban J connectivity index is 0.00000625. The van der Waals surface area contributed by atoms with Crippen LogP contribution in [0.15, 0.2) is 29.3 Å². The largest absolute Gasteiger partial charge is 0.489 e. The van der Waals surface area contributed by atoms with Crippen LogP contribution < -0.4 is 15.4 Å². The molecule has 1 unspecified atom stereocenters. The van der Waals surface area contributed by atoms with E-state index in [9.17, 15) is 12.8 Å². The molecule has 1 aromatic carbocycles. The van der Waals surface area contributed by atoms with Gasteiger partial charge in [0.1, 0.15) is 17.7 Å². The van der Waals surface area contributed by atoms with E-state index in [4.69, 9.17) is 4.74 Å². The van der Waals surface area contributed by atoms with Crippen molar-refractivity contribution in [3.8, 4) is 5.75 Å². The van der Waals surface area contributed by atoms with E-state index in [2.05, 4.69) is 15.6 Å². The molecule has 26 heavy (non-hydrogen) atoms. The minimum absolute atomic E-state index is 0. The zero-order valence-electron chi connectivity index (χ0n) is 15.9. The fourth-order valence-corrected chi connectivity index (χ4v) is 2.84. The molecule has 9 heteroatoms. The number of nitrogens with one attached hydrogen (secondary N) is 2. The van der Waals surface area contributed by atoms with Crippen molar-refractivity contribution in [3.05, 3.63) is 30.1 Å². The number of guanidine groups is 1. The first-order chi connectivity index (χ1) is 11.5. The molecule has 0 heterocycles. The van der Waals surface area contributed by atoms with Crippen LogP contribution in [0.2, 0.25) is 0 Å². The Morgan fingerprint density at radius 3 is 2.31 bits per heavy atom. The van der Waals surface area contributed by atoms with Gasteiger partial charge < -0.3 is 15.4 Å². The summed E-state index contributed by atoms with van der Waals surface area (Å²) < 4.78 is 41.9. The summed E-state index contributed by atoms with van der Waals surface area (Å²) in [7, 11) is -1.57. The zero-order chi connectivity index (χ0) is 19.1. The normalized spacial score (nSPS) is 13.5. The summed E-state index contributed by atoms with van der Waals surface area (Å²) in [6.45, 7) is 7.65. The molecule has 0 spiro atoms. The van der Waals surface area contributed by atoms with E-state index in [-0.39, 0.29) is 48.2 Å². The van der Waals surface area contributed by atoms with Gasteiger partial charge in [-0.3, -0.25) is 4.99 Å². The van der Waals surface area contributed by atoms with Gasteiger partial charge in [-0.05, 0) is 52.0 Å². The Morgan fingerprint density at radius 1 is 1.23 bits per heavy atom. The molecule has 1 rings (SSSR count). The van der Waals surface area contributed by atoms with Crippen LogP contribution in [0.5, 0.6) is 5.75 Å². The van der Waals surface area contributed by atoms with Crippen molar-refractivity contribution in [1.29, 1.82) is 0 Å². The zero-order valence-corrected chi connectivity index (χ0v) is 19.0. The van der Waals surface area contributed by atoms with Crippen LogP contribution in [0.3, 0.4) is 0 Å². The first kappa shape index (κ1) is 24.9. The van der Waals surface area contributed by atoms with Crippen LogP contribution >= 0.6 is 24.0 Å². The number of halogens is 2. The van der Waals surface area contributed by atoms with Gasteiger partial charge in [-0.2, -0.15) is 0 Å². The molecule has 0 aliphatic rings. The van der Waals surface area contributed by atoms with Crippen molar-refractivity contribution in [1.82, 2.24) is 10.6 Å². The molecule has 0 aliphatic heterocycles. The predicted octanol–water partition coefficient (Wildman–Crippen LogP) is 2.59. The third kappa shape index (κ3) is 8.52. The smallest absolute Gasteiger partial charge is 0.191 e. The molecule has 0 bridgehead atoms. The van der Waals surface area contributed by atoms with Crippen LogP contribution in [0, 0.1) is 5.82 Å². The average molecular weight is 501 g/mol. The maximum absolute atomic E-state index is 12.9. The van der Waals surface area contributed by atoms with Crippen LogP contribution in [0.1, 0.15) is 27.7 Å². The van der Waals surface area contributed by atoms with Crippen molar-refractivity contribution in [3.63, 3.8) is 0 Å². The summed E-state index contributed by atoms with van der Waals surface area (Å²) in [5.74, 6) is 0.792. The highest BCUT2D eigenvalue weighted by Crippen LogP contribution is 2.15. The lowest BCUT2D eigenvalue weighted by molar-refractivity contribution is 0.223. The molecule has 1 aromatic rings. The second-order valence-corrected chi connectivity index (χ2v) is 9.56. The van der Waals surface area contributed by atoms with E-state index >= 15 is 0 Å². The van der Waals surface area contributed by atoms with E-state index in [0.29, 0.717) is 18.3 Å². The highest BCUT2D eigenvalue weighted by atomic mass is 127. The molecule has 150 valence electrons. The maximum atomic E-state index is 12.9. The van der Waals surface area contributed by atoms with Crippen LogP contribution in [0.25, 0.3) is 0 Å². The summed E-state index contributed by atoms with van der Waals surface area (Å²) in [4.78, 5) is 4.05. The summed E-state index contributed by atoms with van der Waals surface area (Å²) >= 11 is 0. The second kappa shape index (κ2) is 10.9. The number of sulfone groups is 1. The molecule has 0 saturated heterocycles.